The lowest BCUT2D eigenvalue weighted by molar-refractivity contribution is 0.0942. The maximum Gasteiger partial charge on any atom is 0.337 e. The molecule has 0 atom stereocenters. The van der Waals surface area contributed by atoms with Crippen LogP contribution in [0.1, 0.15) is 15.2 Å². The molecule has 3 N–H and O–H groups in total. The van der Waals surface area contributed by atoms with Gasteiger partial charge in [-0.3, -0.25) is 10.2 Å². The van der Waals surface area contributed by atoms with Crippen LogP contribution in [0.15, 0.2) is 36.4 Å². The zero-order chi connectivity index (χ0) is 15.2. The molecule has 0 saturated carbocycles. The molecule has 0 fully saturated rings. The van der Waals surface area contributed by atoms with Gasteiger partial charge in [0.05, 0.1) is 9.21 Å². The molecule has 0 unspecified atom stereocenters. The highest BCUT2D eigenvalue weighted by atomic mass is 35.5. The molecule has 8 heteroatoms. The largest absolute Gasteiger partial charge is 0.337 e. The van der Waals surface area contributed by atoms with Crippen LogP contribution in [-0.4, -0.2) is 11.9 Å². The fourth-order valence-electron chi connectivity index (χ4n) is 1.52. The Bertz CT molecular complexity index is 660. The molecule has 2 rings (SSSR count). The average molecular weight is 344 g/mol. The molecule has 2 aromatic rings. The number of hydrogen-bond donors (Lipinski definition) is 3. The summed E-state index contributed by atoms with van der Waals surface area (Å²) in [7, 11) is 0. The summed E-state index contributed by atoms with van der Waals surface area (Å²) >= 11 is 12.6. The Hall–Kier alpha value is -1.76. The van der Waals surface area contributed by atoms with Crippen LogP contribution in [0.5, 0.6) is 0 Å². The molecule has 1 aromatic carbocycles. The molecule has 0 aliphatic heterocycles. The van der Waals surface area contributed by atoms with Crippen LogP contribution in [0, 0.1) is 0 Å². The van der Waals surface area contributed by atoms with Gasteiger partial charge in [-0.2, -0.15) is 0 Å². The number of carbonyl (C=O) groups is 2. The monoisotopic (exact) mass is 343 g/mol. The van der Waals surface area contributed by atoms with Crippen molar-refractivity contribution in [2.75, 3.05) is 5.32 Å². The van der Waals surface area contributed by atoms with E-state index in [-0.39, 0.29) is 5.88 Å². The number of urea groups is 1. The van der Waals surface area contributed by atoms with E-state index in [2.05, 4.69) is 16.2 Å². The Morgan fingerprint density at radius 1 is 1.10 bits per heavy atom. The minimum absolute atomic E-state index is 0.274. The van der Waals surface area contributed by atoms with Gasteiger partial charge in [-0.15, -0.1) is 22.9 Å². The van der Waals surface area contributed by atoms with E-state index in [0.717, 1.165) is 16.9 Å². The Morgan fingerprint density at radius 3 is 2.52 bits per heavy atom. The van der Waals surface area contributed by atoms with E-state index in [1.807, 2.05) is 6.07 Å². The van der Waals surface area contributed by atoms with E-state index in [4.69, 9.17) is 23.2 Å². The number of halogens is 2. The van der Waals surface area contributed by atoms with Crippen molar-refractivity contribution in [3.05, 3.63) is 51.2 Å². The molecule has 3 amide bonds. The summed E-state index contributed by atoms with van der Waals surface area (Å²) in [6.07, 6.45) is 0. The van der Waals surface area contributed by atoms with E-state index in [9.17, 15) is 9.59 Å². The van der Waals surface area contributed by atoms with Gasteiger partial charge in [0.25, 0.3) is 5.91 Å². The normalized spacial score (nSPS) is 10.0. The topological polar surface area (TPSA) is 70.2 Å². The summed E-state index contributed by atoms with van der Waals surface area (Å²) in [4.78, 5) is 23.8. The summed E-state index contributed by atoms with van der Waals surface area (Å²) in [6.45, 7) is 0. The van der Waals surface area contributed by atoms with Crippen molar-refractivity contribution in [2.45, 2.75) is 5.88 Å². The number of hydrazine groups is 1. The van der Waals surface area contributed by atoms with Crippen molar-refractivity contribution in [1.29, 1.82) is 0 Å². The molecular formula is C13H11Cl2N3O2S. The minimum atomic E-state index is -0.566. The molecule has 0 aliphatic carbocycles. The van der Waals surface area contributed by atoms with E-state index in [0.29, 0.717) is 14.9 Å². The van der Waals surface area contributed by atoms with Gasteiger partial charge in [-0.05, 0) is 23.8 Å². The van der Waals surface area contributed by atoms with Gasteiger partial charge < -0.3 is 5.32 Å². The summed E-state index contributed by atoms with van der Waals surface area (Å²) in [6, 6.07) is 9.74. The number of amides is 3. The second-order valence-electron chi connectivity index (χ2n) is 3.93. The second-order valence-corrected chi connectivity index (χ2v) is 5.91. The summed E-state index contributed by atoms with van der Waals surface area (Å²) in [5, 5.41) is 2.60. The highest BCUT2D eigenvalue weighted by molar-refractivity contribution is 7.17. The van der Waals surface area contributed by atoms with Crippen molar-refractivity contribution >= 4 is 52.2 Å². The first kappa shape index (κ1) is 15.6. The molecule has 0 spiro atoms. The van der Waals surface area contributed by atoms with Crippen molar-refractivity contribution in [1.82, 2.24) is 10.9 Å². The third-order valence-electron chi connectivity index (χ3n) is 2.50. The SMILES string of the molecule is O=C(NNC(=O)c1ccc(Cl)s1)Nc1ccccc1CCl. The molecule has 1 heterocycles. The standard InChI is InChI=1S/C13H11Cl2N3O2S/c14-7-8-3-1-2-4-9(8)16-13(20)18-17-12(19)10-5-6-11(15)21-10/h1-6H,7H2,(H,17,19)(H2,16,18,20). The van der Waals surface area contributed by atoms with Crippen LogP contribution in [0.2, 0.25) is 4.34 Å². The molecule has 0 radical (unpaired) electrons. The first-order valence-corrected chi connectivity index (χ1v) is 7.59. The van der Waals surface area contributed by atoms with Crippen molar-refractivity contribution in [3.63, 3.8) is 0 Å². The summed E-state index contributed by atoms with van der Waals surface area (Å²) in [5.41, 5.74) is 5.91. The molecular weight excluding hydrogens is 333 g/mol. The van der Waals surface area contributed by atoms with Gasteiger partial charge in [-0.1, -0.05) is 29.8 Å². The van der Waals surface area contributed by atoms with E-state index in [1.54, 1.807) is 30.3 Å². The molecule has 0 saturated heterocycles. The molecule has 1 aromatic heterocycles. The van der Waals surface area contributed by atoms with Gasteiger partial charge in [0.1, 0.15) is 0 Å². The maximum absolute atomic E-state index is 11.7. The Labute approximate surface area is 135 Å². The molecule has 0 bridgehead atoms. The number of thiophene rings is 1. The lowest BCUT2D eigenvalue weighted by Gasteiger charge is -2.10. The van der Waals surface area contributed by atoms with E-state index < -0.39 is 11.9 Å². The Kier molecular flexibility index (Phi) is 5.44. The van der Waals surface area contributed by atoms with Gasteiger partial charge >= 0.3 is 6.03 Å². The summed E-state index contributed by atoms with van der Waals surface area (Å²) < 4.78 is 0.501. The number of carbonyl (C=O) groups excluding carboxylic acids is 2. The van der Waals surface area contributed by atoms with Crippen LogP contribution >= 0.6 is 34.5 Å². The molecule has 5 nitrogen and oxygen atoms in total. The Morgan fingerprint density at radius 2 is 1.86 bits per heavy atom. The van der Waals surface area contributed by atoms with Crippen molar-refractivity contribution in [3.8, 4) is 0 Å². The van der Waals surface area contributed by atoms with Crippen LogP contribution < -0.4 is 16.2 Å². The van der Waals surface area contributed by atoms with Crippen LogP contribution in [0.25, 0.3) is 0 Å². The number of hydrogen-bond acceptors (Lipinski definition) is 3. The lowest BCUT2D eigenvalue weighted by Crippen LogP contribution is -2.43. The first-order valence-electron chi connectivity index (χ1n) is 5.86. The number of para-hydroxylation sites is 1. The van der Waals surface area contributed by atoms with Gasteiger partial charge in [0.2, 0.25) is 0 Å². The molecule has 110 valence electrons. The fraction of sp³-hybridized carbons (Fsp3) is 0.0769. The smallest absolute Gasteiger partial charge is 0.306 e. The molecule has 0 aliphatic rings. The van der Waals surface area contributed by atoms with Crippen molar-refractivity contribution < 1.29 is 9.59 Å². The summed E-state index contributed by atoms with van der Waals surface area (Å²) in [5.74, 6) is -0.163. The zero-order valence-electron chi connectivity index (χ0n) is 10.7. The lowest BCUT2D eigenvalue weighted by atomic mass is 10.2. The van der Waals surface area contributed by atoms with Gasteiger partial charge in [0.15, 0.2) is 0 Å². The predicted molar refractivity (Wildman–Crippen MR) is 84.9 cm³/mol. The zero-order valence-corrected chi connectivity index (χ0v) is 13.0. The van der Waals surface area contributed by atoms with E-state index in [1.165, 1.54) is 0 Å². The highest BCUT2D eigenvalue weighted by Crippen LogP contribution is 2.21. The third kappa shape index (κ3) is 4.35. The molecule has 21 heavy (non-hydrogen) atoms. The number of anilines is 1. The van der Waals surface area contributed by atoms with Crippen LogP contribution in [0.3, 0.4) is 0 Å². The van der Waals surface area contributed by atoms with Gasteiger partial charge in [-0.25, -0.2) is 10.2 Å². The van der Waals surface area contributed by atoms with E-state index >= 15 is 0 Å². The quantitative estimate of drug-likeness (QED) is 0.588. The Balaban J connectivity index is 1.89. The highest BCUT2D eigenvalue weighted by Gasteiger charge is 2.10. The first-order chi connectivity index (χ1) is 10.1. The number of alkyl halides is 1. The van der Waals surface area contributed by atoms with Gasteiger partial charge in [0, 0.05) is 11.6 Å². The number of rotatable bonds is 3. The number of benzene rings is 1. The third-order valence-corrected chi connectivity index (χ3v) is 4.01. The van der Waals surface area contributed by atoms with Crippen molar-refractivity contribution in [2.24, 2.45) is 0 Å². The maximum atomic E-state index is 11.7. The fourth-order valence-corrected chi connectivity index (χ4v) is 2.70. The van der Waals surface area contributed by atoms with Crippen LogP contribution in [-0.2, 0) is 5.88 Å². The minimum Gasteiger partial charge on any atom is -0.306 e. The average Bonchev–Trinajstić information content (AvgIpc) is 2.92. The number of nitrogens with one attached hydrogen (secondary N) is 3. The second kappa shape index (κ2) is 7.31. The predicted octanol–water partition coefficient (Wildman–Crippen LogP) is 3.61. The van der Waals surface area contributed by atoms with Crippen LogP contribution in [0.4, 0.5) is 10.5 Å².